The predicted molar refractivity (Wildman–Crippen MR) is 104 cm³/mol. The molecule has 1 heterocycles. The van der Waals surface area contributed by atoms with E-state index in [1.165, 1.54) is 0 Å². The van der Waals surface area contributed by atoms with Crippen molar-refractivity contribution in [2.24, 2.45) is 0 Å². The molecule has 0 amide bonds. The van der Waals surface area contributed by atoms with Gasteiger partial charge in [0.25, 0.3) is 0 Å². The van der Waals surface area contributed by atoms with Gasteiger partial charge in [-0.25, -0.2) is 0 Å². The smallest absolute Gasteiger partial charge is 0.303 e. The number of hydrogen-bond donors (Lipinski definition) is 1. The number of carboxylic acids is 1. The molecule has 0 spiro atoms. The highest BCUT2D eigenvalue weighted by atomic mass is 35.5. The van der Waals surface area contributed by atoms with E-state index in [1.54, 1.807) is 13.2 Å². The maximum Gasteiger partial charge on any atom is 0.303 e. The molecule has 3 rings (SSSR count). The first-order valence-corrected chi connectivity index (χ1v) is 8.77. The third kappa shape index (κ3) is 3.87. The van der Waals surface area contributed by atoms with Gasteiger partial charge in [-0.3, -0.25) is 4.79 Å². The van der Waals surface area contributed by atoms with Crippen LogP contribution in [0.1, 0.15) is 12.1 Å². The number of rotatable bonds is 6. The van der Waals surface area contributed by atoms with E-state index in [9.17, 15) is 4.79 Å². The van der Waals surface area contributed by atoms with Crippen molar-refractivity contribution in [3.8, 4) is 22.7 Å². The Morgan fingerprint density at radius 3 is 2.42 bits per heavy atom. The van der Waals surface area contributed by atoms with Crippen LogP contribution < -0.4 is 4.74 Å². The second-order valence-electron chi connectivity index (χ2n) is 5.76. The third-order valence-corrected chi connectivity index (χ3v) is 4.64. The molecule has 0 aliphatic rings. The molecule has 0 aliphatic carbocycles. The van der Waals surface area contributed by atoms with Crippen LogP contribution in [0.3, 0.4) is 0 Å². The topological polar surface area (TPSA) is 51.5 Å². The first-order chi connectivity index (χ1) is 12.5. The number of aryl methyl sites for hydroxylation is 1. The quantitative estimate of drug-likeness (QED) is 0.607. The van der Waals surface area contributed by atoms with E-state index in [1.807, 2.05) is 53.1 Å². The van der Waals surface area contributed by atoms with E-state index in [-0.39, 0.29) is 6.42 Å². The second kappa shape index (κ2) is 7.85. The minimum atomic E-state index is -0.835. The van der Waals surface area contributed by atoms with Crippen molar-refractivity contribution in [3.05, 3.63) is 70.3 Å². The summed E-state index contributed by atoms with van der Waals surface area (Å²) in [5, 5.41) is 10.2. The molecule has 0 unspecified atom stereocenters. The number of carbonyl (C=O) groups is 1. The Labute approximate surface area is 161 Å². The summed E-state index contributed by atoms with van der Waals surface area (Å²) in [6.07, 6.45) is 0.459. The minimum absolute atomic E-state index is 0.0496. The zero-order chi connectivity index (χ0) is 18.7. The van der Waals surface area contributed by atoms with Gasteiger partial charge in [0.2, 0.25) is 0 Å². The Morgan fingerprint density at radius 2 is 1.81 bits per heavy atom. The van der Waals surface area contributed by atoms with Gasteiger partial charge in [0.15, 0.2) is 0 Å². The Hall–Kier alpha value is -2.43. The molecule has 0 fully saturated rings. The zero-order valence-corrected chi connectivity index (χ0v) is 15.6. The fourth-order valence-corrected chi connectivity index (χ4v) is 3.23. The molecule has 6 heteroatoms. The van der Waals surface area contributed by atoms with Crippen molar-refractivity contribution in [3.63, 3.8) is 0 Å². The van der Waals surface area contributed by atoms with Crippen molar-refractivity contribution in [1.82, 2.24) is 4.57 Å². The van der Waals surface area contributed by atoms with E-state index in [4.69, 9.17) is 33.0 Å². The molecule has 134 valence electrons. The van der Waals surface area contributed by atoms with E-state index in [0.717, 1.165) is 22.6 Å². The van der Waals surface area contributed by atoms with E-state index in [2.05, 4.69) is 0 Å². The highest BCUT2D eigenvalue weighted by molar-refractivity contribution is 6.32. The van der Waals surface area contributed by atoms with Gasteiger partial charge in [-0.2, -0.15) is 0 Å². The number of halogens is 2. The van der Waals surface area contributed by atoms with Gasteiger partial charge in [0, 0.05) is 16.4 Å². The third-order valence-electron chi connectivity index (χ3n) is 4.09. The second-order valence-corrected chi connectivity index (χ2v) is 6.61. The van der Waals surface area contributed by atoms with Gasteiger partial charge >= 0.3 is 5.97 Å². The van der Waals surface area contributed by atoms with Gasteiger partial charge in [-0.1, -0.05) is 35.3 Å². The number of ether oxygens (including phenoxy) is 1. The van der Waals surface area contributed by atoms with Crippen LogP contribution in [0.25, 0.3) is 16.9 Å². The first kappa shape index (κ1) is 18.4. The number of methoxy groups -OCH3 is 1. The number of carboxylic acid groups (broad SMARTS) is 1. The molecule has 1 aromatic heterocycles. The Morgan fingerprint density at radius 1 is 1.08 bits per heavy atom. The van der Waals surface area contributed by atoms with E-state index in [0.29, 0.717) is 22.2 Å². The molecule has 0 radical (unpaired) electrons. The molecule has 2 aromatic carbocycles. The Balaban J connectivity index is 2.12. The molecule has 0 saturated carbocycles. The zero-order valence-electron chi connectivity index (χ0n) is 14.1. The number of benzene rings is 2. The van der Waals surface area contributed by atoms with E-state index < -0.39 is 5.97 Å². The molecule has 0 bridgehead atoms. The minimum Gasteiger partial charge on any atom is -0.495 e. The lowest BCUT2D eigenvalue weighted by Crippen LogP contribution is -2.05. The van der Waals surface area contributed by atoms with Gasteiger partial charge in [0.05, 0.1) is 24.2 Å². The lowest BCUT2D eigenvalue weighted by atomic mass is 10.1. The average Bonchev–Trinajstić information content (AvgIpc) is 3.04. The summed E-state index contributed by atoms with van der Waals surface area (Å²) in [7, 11) is 1.56. The molecular formula is C20H17Cl2NO3. The number of hydrogen-bond acceptors (Lipinski definition) is 2. The van der Waals surface area contributed by atoms with Gasteiger partial charge < -0.3 is 14.4 Å². The Bertz CT molecular complexity index is 933. The summed E-state index contributed by atoms with van der Waals surface area (Å²) in [6.45, 7) is 0. The standard InChI is InChI=1S/C20H17Cl2NO3/c1-26-19-10-7-16(12-17(19)22)23-15(8-11-20(24)25)6-9-18(23)13-2-4-14(21)5-3-13/h2-7,9-10,12H,8,11H2,1H3,(H,24,25). The van der Waals surface area contributed by atoms with Crippen molar-refractivity contribution in [2.75, 3.05) is 7.11 Å². The summed E-state index contributed by atoms with van der Waals surface area (Å²) in [6, 6.07) is 16.9. The van der Waals surface area contributed by atoms with Crippen LogP contribution in [0.5, 0.6) is 5.75 Å². The molecule has 1 N–H and O–H groups in total. The van der Waals surface area contributed by atoms with Crippen LogP contribution in [0, 0.1) is 0 Å². The molecule has 3 aromatic rings. The van der Waals surface area contributed by atoms with Crippen LogP contribution >= 0.6 is 23.2 Å². The largest absolute Gasteiger partial charge is 0.495 e. The number of nitrogens with zero attached hydrogens (tertiary/aromatic N) is 1. The molecule has 4 nitrogen and oxygen atoms in total. The fraction of sp³-hybridized carbons (Fsp3) is 0.150. The van der Waals surface area contributed by atoms with Gasteiger partial charge in [0.1, 0.15) is 5.75 Å². The molecule has 26 heavy (non-hydrogen) atoms. The first-order valence-electron chi connectivity index (χ1n) is 8.02. The lowest BCUT2D eigenvalue weighted by Gasteiger charge is -2.15. The van der Waals surface area contributed by atoms with Crippen LogP contribution in [0.2, 0.25) is 10.0 Å². The van der Waals surface area contributed by atoms with Crippen molar-refractivity contribution in [2.45, 2.75) is 12.8 Å². The normalized spacial score (nSPS) is 10.7. The summed E-state index contributed by atoms with van der Waals surface area (Å²) in [5.41, 5.74) is 3.64. The lowest BCUT2D eigenvalue weighted by molar-refractivity contribution is -0.136. The summed E-state index contributed by atoms with van der Waals surface area (Å²) in [4.78, 5) is 11.0. The van der Waals surface area contributed by atoms with Crippen LogP contribution in [-0.2, 0) is 11.2 Å². The molecule has 0 atom stereocenters. The Kier molecular flexibility index (Phi) is 5.55. The summed E-state index contributed by atoms with van der Waals surface area (Å²) >= 11 is 12.3. The van der Waals surface area contributed by atoms with Crippen LogP contribution in [0.15, 0.2) is 54.6 Å². The van der Waals surface area contributed by atoms with Gasteiger partial charge in [-0.05, 0) is 54.4 Å². The molecular weight excluding hydrogens is 373 g/mol. The molecule has 0 aliphatic heterocycles. The van der Waals surface area contributed by atoms with Crippen molar-refractivity contribution < 1.29 is 14.6 Å². The average molecular weight is 390 g/mol. The van der Waals surface area contributed by atoms with E-state index >= 15 is 0 Å². The maximum atomic E-state index is 11.0. The SMILES string of the molecule is COc1ccc(-n2c(CCC(=O)O)ccc2-c2ccc(Cl)cc2)cc1Cl. The predicted octanol–water partition coefficient (Wildman–Crippen LogP) is 5.48. The van der Waals surface area contributed by atoms with Crippen molar-refractivity contribution in [1.29, 1.82) is 0 Å². The highest BCUT2D eigenvalue weighted by Gasteiger charge is 2.14. The highest BCUT2D eigenvalue weighted by Crippen LogP contribution is 2.32. The summed E-state index contributed by atoms with van der Waals surface area (Å²) < 4.78 is 7.23. The van der Waals surface area contributed by atoms with Crippen molar-refractivity contribution >= 4 is 29.2 Å². The maximum absolute atomic E-state index is 11.0. The number of aromatic nitrogens is 1. The van der Waals surface area contributed by atoms with Crippen LogP contribution in [-0.4, -0.2) is 22.8 Å². The summed E-state index contributed by atoms with van der Waals surface area (Å²) in [5.74, 6) is -0.249. The molecule has 0 saturated heterocycles. The number of aliphatic carboxylic acids is 1. The monoisotopic (exact) mass is 389 g/mol. The fourth-order valence-electron chi connectivity index (χ4n) is 2.85. The van der Waals surface area contributed by atoms with Gasteiger partial charge in [-0.15, -0.1) is 0 Å². The van der Waals surface area contributed by atoms with Crippen LogP contribution in [0.4, 0.5) is 0 Å².